The summed E-state index contributed by atoms with van der Waals surface area (Å²) in [6, 6.07) is 14.9. The number of ether oxygens (including phenoxy) is 1. The number of aryl methyl sites for hydroxylation is 1. The number of para-hydroxylation sites is 1. The highest BCUT2D eigenvalue weighted by Crippen LogP contribution is 2.28. The summed E-state index contributed by atoms with van der Waals surface area (Å²) in [5.74, 6) is 0.914. The van der Waals surface area contributed by atoms with Crippen molar-refractivity contribution in [2.45, 2.75) is 6.92 Å². The first-order valence-corrected chi connectivity index (χ1v) is 8.51. The highest BCUT2D eigenvalue weighted by atomic mass is 16.5. The van der Waals surface area contributed by atoms with Crippen LogP contribution in [0.1, 0.15) is 15.9 Å². The highest BCUT2D eigenvalue weighted by molar-refractivity contribution is 6.07. The summed E-state index contributed by atoms with van der Waals surface area (Å²) >= 11 is 0. The lowest BCUT2D eigenvalue weighted by atomic mass is 10.1. The molecule has 0 radical (unpaired) electrons. The molecule has 0 saturated carbocycles. The van der Waals surface area contributed by atoms with Crippen molar-refractivity contribution in [1.82, 2.24) is 14.4 Å². The molecule has 134 valence electrons. The van der Waals surface area contributed by atoms with Gasteiger partial charge in [-0.3, -0.25) is 9.20 Å². The molecule has 0 fully saturated rings. The van der Waals surface area contributed by atoms with Crippen LogP contribution in [0.2, 0.25) is 0 Å². The smallest absolute Gasteiger partial charge is 0.259 e. The van der Waals surface area contributed by atoms with E-state index in [1.807, 2.05) is 66.2 Å². The van der Waals surface area contributed by atoms with Gasteiger partial charge in [-0.25, -0.2) is 9.97 Å². The van der Waals surface area contributed by atoms with Crippen LogP contribution in [0, 0.1) is 6.92 Å². The number of imidazole rings is 1. The first-order chi connectivity index (χ1) is 13.2. The van der Waals surface area contributed by atoms with E-state index in [2.05, 4.69) is 15.3 Å². The summed E-state index contributed by atoms with van der Waals surface area (Å²) in [6.45, 7) is 1.96. The SMILES string of the molecule is COc1cc(C)ccc1C(=O)Nc1ccccc1-c1cn2cccnc2n1. The molecule has 1 N–H and O–H groups in total. The van der Waals surface area contributed by atoms with Crippen LogP contribution in [0.3, 0.4) is 0 Å². The van der Waals surface area contributed by atoms with Crippen LogP contribution in [0.25, 0.3) is 17.0 Å². The molecule has 0 saturated heterocycles. The summed E-state index contributed by atoms with van der Waals surface area (Å²) in [5.41, 5.74) is 3.74. The quantitative estimate of drug-likeness (QED) is 0.599. The number of nitrogens with one attached hydrogen (secondary N) is 1. The Morgan fingerprint density at radius 1 is 1.15 bits per heavy atom. The lowest BCUT2D eigenvalue weighted by Crippen LogP contribution is -2.14. The Balaban J connectivity index is 1.70. The van der Waals surface area contributed by atoms with E-state index in [0.717, 1.165) is 16.8 Å². The standard InChI is InChI=1S/C21H18N4O2/c1-14-8-9-16(19(12-14)27-2)20(26)23-17-7-4-3-6-15(17)18-13-25-11-5-10-22-21(25)24-18/h3-13H,1-2H3,(H,23,26). The molecule has 4 aromatic rings. The van der Waals surface area contributed by atoms with Gasteiger partial charge in [-0.15, -0.1) is 0 Å². The van der Waals surface area contributed by atoms with Crippen molar-refractivity contribution in [2.24, 2.45) is 0 Å². The number of carbonyl (C=O) groups excluding carboxylic acids is 1. The molecule has 0 bridgehead atoms. The Bertz CT molecular complexity index is 1100. The van der Waals surface area contributed by atoms with Crippen molar-refractivity contribution in [2.75, 3.05) is 12.4 Å². The van der Waals surface area contributed by atoms with Gasteiger partial charge in [0.05, 0.1) is 24.1 Å². The Labute approximate surface area is 156 Å². The number of fused-ring (bicyclic) bond motifs is 1. The van der Waals surface area contributed by atoms with Crippen molar-refractivity contribution >= 4 is 17.4 Å². The van der Waals surface area contributed by atoms with E-state index >= 15 is 0 Å². The van der Waals surface area contributed by atoms with E-state index in [9.17, 15) is 4.79 Å². The van der Waals surface area contributed by atoms with Crippen LogP contribution >= 0.6 is 0 Å². The van der Waals surface area contributed by atoms with Gasteiger partial charge in [-0.2, -0.15) is 0 Å². The van der Waals surface area contributed by atoms with E-state index < -0.39 is 0 Å². The minimum absolute atomic E-state index is 0.235. The number of aromatic nitrogens is 3. The third-order valence-electron chi connectivity index (χ3n) is 4.29. The van der Waals surface area contributed by atoms with Gasteiger partial charge in [0.2, 0.25) is 5.78 Å². The molecule has 0 aliphatic rings. The summed E-state index contributed by atoms with van der Waals surface area (Å²) in [6.07, 6.45) is 5.47. The predicted molar refractivity (Wildman–Crippen MR) is 104 cm³/mol. The van der Waals surface area contributed by atoms with Gasteiger partial charge < -0.3 is 10.1 Å². The van der Waals surface area contributed by atoms with Gasteiger partial charge in [0.1, 0.15) is 5.75 Å². The Morgan fingerprint density at radius 3 is 2.81 bits per heavy atom. The zero-order valence-electron chi connectivity index (χ0n) is 15.0. The normalized spacial score (nSPS) is 10.7. The molecule has 0 atom stereocenters. The van der Waals surface area contributed by atoms with Crippen molar-refractivity contribution in [3.8, 4) is 17.0 Å². The van der Waals surface area contributed by atoms with Gasteiger partial charge in [0.15, 0.2) is 0 Å². The molecule has 0 aliphatic carbocycles. The number of methoxy groups -OCH3 is 1. The molecule has 4 rings (SSSR count). The second kappa shape index (κ2) is 6.92. The molecule has 0 spiro atoms. The molecule has 2 aromatic heterocycles. The van der Waals surface area contributed by atoms with Gasteiger partial charge in [-0.05, 0) is 36.8 Å². The first-order valence-electron chi connectivity index (χ1n) is 8.51. The number of hydrogen-bond donors (Lipinski definition) is 1. The summed E-state index contributed by atoms with van der Waals surface area (Å²) in [7, 11) is 1.56. The van der Waals surface area contributed by atoms with Crippen LogP contribution in [0.4, 0.5) is 5.69 Å². The van der Waals surface area contributed by atoms with E-state index in [1.54, 1.807) is 19.4 Å². The van der Waals surface area contributed by atoms with Crippen molar-refractivity contribution in [1.29, 1.82) is 0 Å². The molecule has 1 amide bonds. The minimum atomic E-state index is -0.235. The van der Waals surface area contributed by atoms with Gasteiger partial charge in [0, 0.05) is 24.2 Å². The molecule has 6 heteroatoms. The van der Waals surface area contributed by atoms with E-state index in [4.69, 9.17) is 4.74 Å². The first kappa shape index (κ1) is 16.8. The van der Waals surface area contributed by atoms with Crippen molar-refractivity contribution in [3.05, 3.63) is 78.2 Å². The molecule has 27 heavy (non-hydrogen) atoms. The maximum atomic E-state index is 12.8. The predicted octanol–water partition coefficient (Wildman–Crippen LogP) is 3.97. The molecule has 0 aliphatic heterocycles. The molecular formula is C21H18N4O2. The molecule has 2 aromatic carbocycles. The van der Waals surface area contributed by atoms with E-state index in [0.29, 0.717) is 22.8 Å². The van der Waals surface area contributed by atoms with Crippen molar-refractivity contribution < 1.29 is 9.53 Å². The van der Waals surface area contributed by atoms with Gasteiger partial charge in [0.25, 0.3) is 5.91 Å². The van der Waals surface area contributed by atoms with Gasteiger partial charge >= 0.3 is 0 Å². The number of nitrogens with zero attached hydrogens (tertiary/aromatic N) is 3. The number of hydrogen-bond acceptors (Lipinski definition) is 4. The zero-order chi connectivity index (χ0) is 18.8. The van der Waals surface area contributed by atoms with Crippen LogP contribution in [-0.4, -0.2) is 27.4 Å². The maximum Gasteiger partial charge on any atom is 0.259 e. The second-order valence-corrected chi connectivity index (χ2v) is 6.16. The lowest BCUT2D eigenvalue weighted by molar-refractivity contribution is 0.102. The van der Waals surface area contributed by atoms with Crippen LogP contribution in [-0.2, 0) is 0 Å². The Hall–Kier alpha value is -3.67. The largest absolute Gasteiger partial charge is 0.496 e. The summed E-state index contributed by atoms with van der Waals surface area (Å²) in [5, 5.41) is 2.98. The fourth-order valence-corrected chi connectivity index (χ4v) is 2.95. The average molecular weight is 358 g/mol. The summed E-state index contributed by atoms with van der Waals surface area (Å²) < 4.78 is 7.20. The lowest BCUT2D eigenvalue weighted by Gasteiger charge is -2.12. The Morgan fingerprint density at radius 2 is 2.00 bits per heavy atom. The minimum Gasteiger partial charge on any atom is -0.496 e. The third kappa shape index (κ3) is 3.25. The van der Waals surface area contributed by atoms with E-state index in [-0.39, 0.29) is 5.91 Å². The third-order valence-corrected chi connectivity index (χ3v) is 4.29. The van der Waals surface area contributed by atoms with Crippen LogP contribution < -0.4 is 10.1 Å². The topological polar surface area (TPSA) is 68.5 Å². The fraction of sp³-hybridized carbons (Fsp3) is 0.0952. The van der Waals surface area contributed by atoms with E-state index in [1.165, 1.54) is 0 Å². The number of amides is 1. The van der Waals surface area contributed by atoms with Gasteiger partial charge in [-0.1, -0.05) is 24.3 Å². The summed E-state index contributed by atoms with van der Waals surface area (Å²) in [4.78, 5) is 21.6. The van der Waals surface area contributed by atoms with Crippen molar-refractivity contribution in [3.63, 3.8) is 0 Å². The van der Waals surface area contributed by atoms with Crippen LogP contribution in [0.5, 0.6) is 5.75 Å². The monoisotopic (exact) mass is 358 g/mol. The highest BCUT2D eigenvalue weighted by Gasteiger charge is 2.16. The fourth-order valence-electron chi connectivity index (χ4n) is 2.95. The number of anilines is 1. The zero-order valence-corrected chi connectivity index (χ0v) is 15.0. The molecule has 0 unspecified atom stereocenters. The molecular weight excluding hydrogens is 340 g/mol. The number of rotatable bonds is 4. The second-order valence-electron chi connectivity index (χ2n) is 6.16. The van der Waals surface area contributed by atoms with Crippen LogP contribution in [0.15, 0.2) is 67.1 Å². The number of carbonyl (C=O) groups is 1. The average Bonchev–Trinajstić information content (AvgIpc) is 3.12. The maximum absolute atomic E-state index is 12.8. The Kier molecular flexibility index (Phi) is 4.30. The molecule has 6 nitrogen and oxygen atoms in total. The molecule has 2 heterocycles. The number of benzene rings is 2.